The van der Waals surface area contributed by atoms with Gasteiger partial charge in [-0.15, -0.1) is 0 Å². The molecule has 1 aliphatic rings. The van der Waals surface area contributed by atoms with Crippen molar-refractivity contribution < 1.29 is 18.3 Å². The van der Waals surface area contributed by atoms with Crippen molar-refractivity contribution in [3.63, 3.8) is 0 Å². The molecule has 0 fully saturated rings. The van der Waals surface area contributed by atoms with Crippen LogP contribution in [0.1, 0.15) is 52.5 Å². The summed E-state index contributed by atoms with van der Waals surface area (Å²) in [5, 5.41) is 0.819. The number of allylic oxidation sites excluding steroid dienone is 1. The molecule has 0 saturated heterocycles. The molecule has 0 saturated carbocycles. The average molecular weight is 338 g/mol. The number of hydrogen-bond acceptors (Lipinski definition) is 4. The van der Waals surface area contributed by atoms with Crippen LogP contribution in [-0.2, 0) is 13.6 Å². The number of hydrogen-bond donors (Lipinski definition) is 0. The van der Waals surface area contributed by atoms with Crippen molar-refractivity contribution in [3.05, 3.63) is 35.1 Å². The predicted octanol–water partition coefficient (Wildman–Crippen LogP) is 5.63. The van der Waals surface area contributed by atoms with Gasteiger partial charge in [-0.25, -0.2) is 0 Å². The summed E-state index contributed by atoms with van der Waals surface area (Å²) < 4.78 is 30.1. The lowest BCUT2D eigenvalue weighted by Crippen LogP contribution is -2.20. The van der Waals surface area contributed by atoms with E-state index in [1.54, 1.807) is 7.11 Å². The molecule has 0 radical (unpaired) electrons. The van der Waals surface area contributed by atoms with Gasteiger partial charge in [0.05, 0.1) is 19.3 Å². The number of methoxy groups -OCH3 is 1. The molecule has 1 aromatic carbocycles. The molecule has 0 bridgehead atoms. The summed E-state index contributed by atoms with van der Waals surface area (Å²) in [5.74, 6) is 0.777. The number of rotatable bonds is 7. The summed E-state index contributed by atoms with van der Waals surface area (Å²) in [7, 11) is -1.59. The van der Waals surface area contributed by atoms with E-state index in [9.17, 15) is 4.57 Å². The van der Waals surface area contributed by atoms with E-state index in [2.05, 4.69) is 6.92 Å². The van der Waals surface area contributed by atoms with Crippen molar-refractivity contribution in [1.82, 2.24) is 0 Å². The normalized spacial score (nSPS) is 23.3. The Morgan fingerprint density at radius 1 is 1.26 bits per heavy atom. The average Bonchev–Trinajstić information content (AvgIpc) is 2.70. The lowest BCUT2D eigenvalue weighted by molar-refractivity contribution is 0.142. The Hall–Kier alpha value is -1.09. The summed E-state index contributed by atoms with van der Waals surface area (Å²) in [5.41, 5.74) is 1.31. The minimum absolute atomic E-state index is 0.369. The highest BCUT2D eigenvalue weighted by Crippen LogP contribution is 2.69. The molecule has 1 aromatic rings. The predicted molar refractivity (Wildman–Crippen MR) is 93.8 cm³/mol. The van der Waals surface area contributed by atoms with Gasteiger partial charge >= 0.3 is 7.60 Å². The Bertz CT molecular complexity index is 634. The van der Waals surface area contributed by atoms with E-state index in [4.69, 9.17) is 13.8 Å². The molecule has 128 valence electrons. The molecule has 2 rings (SSSR count). The Kier molecular flexibility index (Phi) is 5.72. The van der Waals surface area contributed by atoms with Gasteiger partial charge in [0.25, 0.3) is 0 Å². The fraction of sp³-hybridized carbons (Fsp3) is 0.556. The third-order valence-electron chi connectivity index (χ3n) is 3.99. The van der Waals surface area contributed by atoms with Crippen LogP contribution in [0.15, 0.2) is 29.6 Å². The van der Waals surface area contributed by atoms with Crippen LogP contribution in [0.5, 0.6) is 5.75 Å². The minimum Gasteiger partial charge on any atom is -0.497 e. The number of benzene rings is 1. The molecular formula is C18H27O4P. The smallest absolute Gasteiger partial charge is 0.358 e. The quantitative estimate of drug-likeness (QED) is 0.604. The van der Waals surface area contributed by atoms with Gasteiger partial charge in [-0.1, -0.05) is 25.5 Å². The molecule has 5 heteroatoms. The summed E-state index contributed by atoms with van der Waals surface area (Å²) >= 11 is 0. The highest BCUT2D eigenvalue weighted by molar-refractivity contribution is 7.59. The maximum absolute atomic E-state index is 13.3. The van der Waals surface area contributed by atoms with Crippen molar-refractivity contribution in [2.45, 2.75) is 52.6 Å². The Labute approximate surface area is 139 Å². The second-order valence-corrected chi connectivity index (χ2v) is 8.15. The second kappa shape index (κ2) is 7.21. The molecule has 0 amide bonds. The first-order valence-electron chi connectivity index (χ1n) is 8.22. The van der Waals surface area contributed by atoms with Crippen molar-refractivity contribution in [1.29, 1.82) is 0 Å². The van der Waals surface area contributed by atoms with E-state index in [0.717, 1.165) is 41.5 Å². The maximum atomic E-state index is 13.3. The Balaban J connectivity index is 2.60. The zero-order valence-electron chi connectivity index (χ0n) is 14.7. The van der Waals surface area contributed by atoms with Gasteiger partial charge in [0.2, 0.25) is 0 Å². The van der Waals surface area contributed by atoms with Crippen LogP contribution in [-0.4, -0.2) is 19.3 Å². The lowest BCUT2D eigenvalue weighted by Gasteiger charge is -2.23. The second-order valence-electron chi connectivity index (χ2n) is 6.17. The Morgan fingerprint density at radius 2 is 2.00 bits per heavy atom. The first-order valence-corrected chi connectivity index (χ1v) is 9.76. The van der Waals surface area contributed by atoms with Gasteiger partial charge in [0, 0.05) is 10.9 Å². The van der Waals surface area contributed by atoms with Gasteiger partial charge < -0.3 is 9.26 Å². The Morgan fingerprint density at radius 3 is 2.61 bits per heavy atom. The molecule has 0 N–H and O–H groups in total. The zero-order valence-corrected chi connectivity index (χ0v) is 15.6. The third-order valence-corrected chi connectivity index (χ3v) is 6.40. The molecule has 23 heavy (non-hydrogen) atoms. The van der Waals surface area contributed by atoms with E-state index in [1.165, 1.54) is 0 Å². The van der Waals surface area contributed by atoms with Crippen LogP contribution in [0.3, 0.4) is 0 Å². The molecule has 0 aromatic heterocycles. The molecule has 1 aliphatic heterocycles. The molecule has 4 nitrogen and oxygen atoms in total. The topological polar surface area (TPSA) is 44.8 Å². The molecule has 1 unspecified atom stereocenters. The van der Waals surface area contributed by atoms with E-state index < -0.39 is 13.2 Å². The molecule has 0 aliphatic carbocycles. The monoisotopic (exact) mass is 338 g/mol. The van der Waals surface area contributed by atoms with E-state index in [-0.39, 0.29) is 0 Å². The molecular weight excluding hydrogens is 311 g/mol. The van der Waals surface area contributed by atoms with Gasteiger partial charge in [0.1, 0.15) is 5.75 Å². The first kappa shape index (κ1) is 18.3. The highest BCUT2D eigenvalue weighted by Gasteiger charge is 2.49. The van der Waals surface area contributed by atoms with Gasteiger partial charge in [-0.2, -0.15) is 0 Å². The van der Waals surface area contributed by atoms with Crippen molar-refractivity contribution >= 4 is 13.2 Å². The standard InChI is InChI=1S/C18H27O4P/c1-6-8-12-16-17(14-10-9-11-15(13-14)20-5)18(3,4)22-23(16,19)21-7-2/h9-11,13H,6-8,12H2,1-5H3. The fourth-order valence-corrected chi connectivity index (χ4v) is 5.51. The van der Waals surface area contributed by atoms with E-state index >= 15 is 0 Å². The maximum Gasteiger partial charge on any atom is 0.358 e. The first-order chi connectivity index (χ1) is 10.9. The van der Waals surface area contributed by atoms with Crippen LogP contribution in [0.4, 0.5) is 0 Å². The van der Waals surface area contributed by atoms with Crippen LogP contribution in [0, 0.1) is 0 Å². The van der Waals surface area contributed by atoms with E-state index in [0.29, 0.717) is 6.61 Å². The van der Waals surface area contributed by atoms with Crippen LogP contribution in [0.25, 0.3) is 5.57 Å². The summed E-state index contributed by atoms with van der Waals surface area (Å²) in [6, 6.07) is 7.82. The summed E-state index contributed by atoms with van der Waals surface area (Å²) in [4.78, 5) is 0. The summed E-state index contributed by atoms with van der Waals surface area (Å²) in [6.07, 6.45) is 2.71. The highest BCUT2D eigenvalue weighted by atomic mass is 31.2. The number of ether oxygens (including phenoxy) is 1. The minimum atomic E-state index is -3.24. The molecule has 0 spiro atoms. The largest absolute Gasteiger partial charge is 0.497 e. The fourth-order valence-electron chi connectivity index (χ4n) is 3.06. The van der Waals surface area contributed by atoms with Crippen molar-refractivity contribution in [2.24, 2.45) is 0 Å². The number of unbranched alkanes of at least 4 members (excludes halogenated alkanes) is 1. The van der Waals surface area contributed by atoms with Crippen molar-refractivity contribution in [3.8, 4) is 5.75 Å². The van der Waals surface area contributed by atoms with E-state index in [1.807, 2.05) is 45.0 Å². The molecule has 1 heterocycles. The summed E-state index contributed by atoms with van der Waals surface area (Å²) in [6.45, 7) is 8.24. The van der Waals surface area contributed by atoms with Crippen molar-refractivity contribution in [2.75, 3.05) is 13.7 Å². The zero-order chi connectivity index (χ0) is 17.1. The third kappa shape index (κ3) is 3.71. The van der Waals surface area contributed by atoms with Crippen LogP contribution in [0.2, 0.25) is 0 Å². The lowest BCUT2D eigenvalue weighted by atomic mass is 9.90. The van der Waals surface area contributed by atoms with Gasteiger partial charge in [-0.3, -0.25) is 9.09 Å². The van der Waals surface area contributed by atoms with Crippen LogP contribution < -0.4 is 4.74 Å². The van der Waals surface area contributed by atoms with Crippen LogP contribution >= 0.6 is 7.60 Å². The van der Waals surface area contributed by atoms with Gasteiger partial charge in [0.15, 0.2) is 0 Å². The molecule has 1 atom stereocenters. The SMILES string of the molecule is CCCCC1=C(c2cccc(OC)c2)C(C)(C)OP1(=O)OCC. The van der Waals surface area contributed by atoms with Gasteiger partial charge in [-0.05, 0) is 51.3 Å².